The van der Waals surface area contributed by atoms with E-state index in [1.807, 2.05) is 6.92 Å². The van der Waals surface area contributed by atoms with Crippen molar-refractivity contribution >= 4 is 11.0 Å². The van der Waals surface area contributed by atoms with Crippen LogP contribution in [0.2, 0.25) is 0 Å². The molecule has 1 heterocycles. The minimum absolute atomic E-state index is 0.262. The van der Waals surface area contributed by atoms with Crippen LogP contribution in [0.4, 0.5) is 17.6 Å². The molecule has 92 valence electrons. The quantitative estimate of drug-likeness (QED) is 0.825. The number of benzene rings is 1. The number of aromatic amines is 1. The Hall–Kier alpha value is -1.59. The first-order valence-electron chi connectivity index (χ1n) is 5.10. The summed E-state index contributed by atoms with van der Waals surface area (Å²) in [5.41, 5.74) is 1.53. The fraction of sp³-hybridized carbons (Fsp3) is 0.364. The van der Waals surface area contributed by atoms with Gasteiger partial charge in [0.1, 0.15) is 0 Å². The predicted molar refractivity (Wildman–Crippen MR) is 55.4 cm³/mol. The summed E-state index contributed by atoms with van der Waals surface area (Å²) in [4.78, 5) is 5.75. The number of aryl methyl sites for hydroxylation is 1. The zero-order valence-electron chi connectivity index (χ0n) is 8.98. The maximum Gasteiger partial charge on any atom is 0.363 e. The van der Waals surface area contributed by atoms with Gasteiger partial charge in [0.2, 0.25) is 0 Å². The van der Waals surface area contributed by atoms with Crippen LogP contribution in [0.1, 0.15) is 18.3 Å². The van der Waals surface area contributed by atoms with E-state index >= 15 is 0 Å². The van der Waals surface area contributed by atoms with E-state index in [9.17, 15) is 17.6 Å². The number of nitrogens with zero attached hydrogens (tertiary/aromatic N) is 1. The standard InChI is InChI=1S/C11H10F4N2/c1-2-6-3-4-7-8(5-6)17-10(16-7)11(14,15)9(12)13/h3-5,9H,2H2,1H3,(H,16,17). The number of alkyl halides is 4. The molecule has 6 heteroatoms. The maximum atomic E-state index is 13.1. The fourth-order valence-corrected chi connectivity index (χ4v) is 1.54. The average Bonchev–Trinajstić information content (AvgIpc) is 2.71. The van der Waals surface area contributed by atoms with E-state index in [1.165, 1.54) is 6.07 Å². The van der Waals surface area contributed by atoms with Crippen LogP contribution in [-0.4, -0.2) is 16.4 Å². The van der Waals surface area contributed by atoms with Crippen molar-refractivity contribution in [1.82, 2.24) is 9.97 Å². The highest BCUT2D eigenvalue weighted by Crippen LogP contribution is 2.33. The van der Waals surface area contributed by atoms with Crippen molar-refractivity contribution in [2.45, 2.75) is 25.7 Å². The predicted octanol–water partition coefficient (Wildman–Crippen LogP) is 3.48. The van der Waals surface area contributed by atoms with Crippen LogP contribution >= 0.6 is 0 Å². The summed E-state index contributed by atoms with van der Waals surface area (Å²) in [6, 6.07) is 4.90. The molecule has 0 spiro atoms. The monoisotopic (exact) mass is 246 g/mol. The van der Waals surface area contributed by atoms with E-state index in [2.05, 4.69) is 9.97 Å². The van der Waals surface area contributed by atoms with E-state index in [0.29, 0.717) is 5.52 Å². The van der Waals surface area contributed by atoms with Gasteiger partial charge in [0.05, 0.1) is 11.0 Å². The molecule has 0 aliphatic heterocycles. The molecule has 1 N–H and O–H groups in total. The number of H-pyrrole nitrogens is 1. The van der Waals surface area contributed by atoms with Crippen LogP contribution in [0.3, 0.4) is 0 Å². The summed E-state index contributed by atoms with van der Waals surface area (Å²) in [6.45, 7) is 1.91. The summed E-state index contributed by atoms with van der Waals surface area (Å²) >= 11 is 0. The minimum Gasteiger partial charge on any atom is -0.337 e. The molecule has 0 saturated carbocycles. The van der Waals surface area contributed by atoms with E-state index in [4.69, 9.17) is 0 Å². The van der Waals surface area contributed by atoms with Gasteiger partial charge >= 0.3 is 12.3 Å². The van der Waals surface area contributed by atoms with Crippen LogP contribution in [0.5, 0.6) is 0 Å². The first kappa shape index (κ1) is 11.9. The molecule has 1 aromatic heterocycles. The Bertz CT molecular complexity index is 533. The van der Waals surface area contributed by atoms with Crippen molar-refractivity contribution in [3.05, 3.63) is 29.6 Å². The highest BCUT2D eigenvalue weighted by Gasteiger charge is 2.45. The van der Waals surface area contributed by atoms with Gasteiger partial charge < -0.3 is 4.98 Å². The van der Waals surface area contributed by atoms with Crippen molar-refractivity contribution in [2.75, 3.05) is 0 Å². The van der Waals surface area contributed by atoms with Gasteiger partial charge in [-0.05, 0) is 24.1 Å². The molecule has 0 saturated heterocycles. The topological polar surface area (TPSA) is 28.7 Å². The summed E-state index contributed by atoms with van der Waals surface area (Å²) in [5, 5.41) is 0. The van der Waals surface area contributed by atoms with Crippen molar-refractivity contribution in [1.29, 1.82) is 0 Å². The van der Waals surface area contributed by atoms with E-state index in [1.54, 1.807) is 12.1 Å². The van der Waals surface area contributed by atoms with Crippen LogP contribution in [0.25, 0.3) is 11.0 Å². The molecule has 2 nitrogen and oxygen atoms in total. The summed E-state index contributed by atoms with van der Waals surface area (Å²) in [7, 11) is 0. The highest BCUT2D eigenvalue weighted by atomic mass is 19.3. The van der Waals surface area contributed by atoms with Crippen LogP contribution < -0.4 is 0 Å². The molecular formula is C11H10F4N2. The van der Waals surface area contributed by atoms with Gasteiger partial charge in [0, 0.05) is 0 Å². The normalized spacial score (nSPS) is 12.6. The zero-order chi connectivity index (χ0) is 12.6. The lowest BCUT2D eigenvalue weighted by atomic mass is 10.1. The van der Waals surface area contributed by atoms with E-state index in [0.717, 1.165) is 12.0 Å². The Morgan fingerprint density at radius 3 is 2.65 bits per heavy atom. The number of imidazole rings is 1. The largest absolute Gasteiger partial charge is 0.363 e. The number of fused-ring (bicyclic) bond motifs is 1. The van der Waals surface area contributed by atoms with Crippen molar-refractivity contribution in [2.24, 2.45) is 0 Å². The number of halogens is 4. The molecule has 0 atom stereocenters. The number of hydrogen-bond acceptors (Lipinski definition) is 1. The SMILES string of the molecule is CCc1ccc2nc(C(F)(F)C(F)F)[nH]c2c1. The Balaban J connectivity index is 2.51. The van der Waals surface area contributed by atoms with Crippen molar-refractivity contribution in [3.8, 4) is 0 Å². The first-order chi connectivity index (χ1) is 7.95. The molecule has 0 aliphatic carbocycles. The number of rotatable bonds is 3. The van der Waals surface area contributed by atoms with Crippen LogP contribution in [0, 0.1) is 0 Å². The molecule has 0 fully saturated rings. The molecule has 0 amide bonds. The summed E-state index contributed by atoms with van der Waals surface area (Å²) in [6.07, 6.45) is -3.04. The van der Waals surface area contributed by atoms with Gasteiger partial charge in [0.25, 0.3) is 0 Å². The summed E-state index contributed by atoms with van der Waals surface area (Å²) in [5.74, 6) is -5.23. The molecule has 0 aliphatic rings. The Morgan fingerprint density at radius 2 is 2.06 bits per heavy atom. The van der Waals surface area contributed by atoms with Gasteiger partial charge in [-0.25, -0.2) is 13.8 Å². The maximum absolute atomic E-state index is 13.1. The second-order valence-corrected chi connectivity index (χ2v) is 3.71. The van der Waals surface area contributed by atoms with Crippen molar-refractivity contribution in [3.63, 3.8) is 0 Å². The lowest BCUT2D eigenvalue weighted by Crippen LogP contribution is -2.25. The third-order valence-corrected chi connectivity index (χ3v) is 2.54. The number of aromatic nitrogens is 2. The first-order valence-corrected chi connectivity index (χ1v) is 5.10. The molecular weight excluding hydrogens is 236 g/mol. The second kappa shape index (κ2) is 4.01. The van der Waals surface area contributed by atoms with Gasteiger partial charge in [0.15, 0.2) is 5.82 Å². The molecule has 2 rings (SSSR count). The van der Waals surface area contributed by atoms with Crippen molar-refractivity contribution < 1.29 is 17.6 Å². The average molecular weight is 246 g/mol. The van der Waals surface area contributed by atoms with Gasteiger partial charge in [-0.15, -0.1) is 0 Å². The Morgan fingerprint density at radius 1 is 1.35 bits per heavy atom. The minimum atomic E-state index is -4.24. The molecule has 0 unspecified atom stereocenters. The lowest BCUT2D eigenvalue weighted by Gasteiger charge is -2.11. The molecule has 0 bridgehead atoms. The number of nitrogens with one attached hydrogen (secondary N) is 1. The van der Waals surface area contributed by atoms with E-state index in [-0.39, 0.29) is 5.52 Å². The van der Waals surface area contributed by atoms with Crippen LogP contribution in [-0.2, 0) is 12.3 Å². The number of hydrogen-bond donors (Lipinski definition) is 1. The third kappa shape index (κ3) is 1.99. The Kier molecular flexibility index (Phi) is 2.81. The van der Waals surface area contributed by atoms with Gasteiger partial charge in [-0.2, -0.15) is 8.78 Å². The fourth-order valence-electron chi connectivity index (χ4n) is 1.54. The molecule has 1 aromatic carbocycles. The van der Waals surface area contributed by atoms with Gasteiger partial charge in [-0.3, -0.25) is 0 Å². The van der Waals surface area contributed by atoms with E-state index < -0.39 is 18.2 Å². The molecule has 0 radical (unpaired) electrons. The molecule has 2 aromatic rings. The second-order valence-electron chi connectivity index (χ2n) is 3.71. The smallest absolute Gasteiger partial charge is 0.337 e. The Labute approximate surface area is 94.7 Å². The highest BCUT2D eigenvalue weighted by molar-refractivity contribution is 5.76. The van der Waals surface area contributed by atoms with Crippen LogP contribution in [0.15, 0.2) is 18.2 Å². The van der Waals surface area contributed by atoms with Gasteiger partial charge in [-0.1, -0.05) is 13.0 Å². The third-order valence-electron chi connectivity index (χ3n) is 2.54. The lowest BCUT2D eigenvalue weighted by molar-refractivity contribution is -0.140. The zero-order valence-corrected chi connectivity index (χ0v) is 8.98. The summed E-state index contributed by atoms with van der Waals surface area (Å²) < 4.78 is 50.4. The molecule has 17 heavy (non-hydrogen) atoms.